The third-order valence-corrected chi connectivity index (χ3v) is 5.35. The van der Waals surface area contributed by atoms with Crippen LogP contribution in [0.5, 0.6) is 5.75 Å². The number of hydrogen-bond acceptors (Lipinski definition) is 5. The summed E-state index contributed by atoms with van der Waals surface area (Å²) in [5.41, 5.74) is 1.24. The quantitative estimate of drug-likeness (QED) is 0.319. The molecule has 2 aromatic rings. The van der Waals surface area contributed by atoms with E-state index in [1.54, 1.807) is 19.9 Å². The number of carbonyl (C=O) groups excluding carboxylic acids is 2. The fraction of sp³-hybridized carbons (Fsp3) is 0.407. The summed E-state index contributed by atoms with van der Waals surface area (Å²) in [5.74, 6) is -0.517. The molecule has 0 aliphatic heterocycles. The zero-order valence-corrected chi connectivity index (χ0v) is 20.0. The average Bonchev–Trinajstić information content (AvgIpc) is 2.83. The summed E-state index contributed by atoms with van der Waals surface area (Å²) < 4.78 is 5.79. The molecule has 0 spiro atoms. The topological polar surface area (TPSA) is 108 Å². The molecule has 0 saturated heterocycles. The fourth-order valence-corrected chi connectivity index (χ4v) is 3.38. The summed E-state index contributed by atoms with van der Waals surface area (Å²) in [7, 11) is 0. The maximum Gasteiger partial charge on any atom is 0.224 e. The van der Waals surface area contributed by atoms with Crippen LogP contribution < -0.4 is 15.4 Å². The van der Waals surface area contributed by atoms with Crippen LogP contribution in [0.3, 0.4) is 0 Å². The summed E-state index contributed by atoms with van der Waals surface area (Å²) in [6, 6.07) is 16.9. The van der Waals surface area contributed by atoms with E-state index in [1.807, 2.05) is 54.6 Å². The molecule has 7 heteroatoms. The lowest BCUT2D eigenvalue weighted by molar-refractivity contribution is -0.132. The van der Waals surface area contributed by atoms with Crippen molar-refractivity contribution in [2.24, 2.45) is 5.92 Å². The number of benzene rings is 2. The van der Waals surface area contributed by atoms with Crippen LogP contribution in [-0.4, -0.2) is 46.8 Å². The van der Waals surface area contributed by atoms with Crippen LogP contribution in [0.4, 0.5) is 0 Å². The third kappa shape index (κ3) is 9.37. The normalized spacial score (nSPS) is 12.9. The smallest absolute Gasteiger partial charge is 0.224 e. The van der Waals surface area contributed by atoms with Crippen LogP contribution in [0.1, 0.15) is 37.8 Å². The molecule has 2 aromatic carbocycles. The van der Waals surface area contributed by atoms with Crippen LogP contribution in [-0.2, 0) is 22.6 Å². The maximum absolute atomic E-state index is 12.6. The molecule has 7 nitrogen and oxygen atoms in total. The van der Waals surface area contributed by atoms with E-state index in [4.69, 9.17) is 4.74 Å². The van der Waals surface area contributed by atoms with Gasteiger partial charge in [0.2, 0.25) is 11.8 Å². The number of ether oxygens (including phenoxy) is 1. The van der Waals surface area contributed by atoms with E-state index in [1.165, 1.54) is 0 Å². The summed E-state index contributed by atoms with van der Waals surface area (Å²) in [6.07, 6.45) is 2.32. The van der Waals surface area contributed by atoms with Crippen LogP contribution in [0.2, 0.25) is 0 Å². The first-order chi connectivity index (χ1) is 16.3. The first-order valence-electron chi connectivity index (χ1n) is 11.5. The standard InChI is InChI=1S/C27H36N2O5/c1-4-8-22(26(33)29-27(2,3)19-31)16-25(32)28-23(17-30)15-20-11-13-24(14-12-20)34-18-21-9-6-5-7-10-21/h4-7,9-14,22-23,30-31H,1,8,15-19H2,2-3H3,(H,28,32)(H,29,33)/t22-,23+/m1/s1. The minimum absolute atomic E-state index is 0.0396. The zero-order valence-electron chi connectivity index (χ0n) is 20.0. The number of rotatable bonds is 14. The van der Waals surface area contributed by atoms with Gasteiger partial charge in [-0.3, -0.25) is 9.59 Å². The molecule has 0 aliphatic rings. The molecule has 2 amide bonds. The molecule has 2 atom stereocenters. The van der Waals surface area contributed by atoms with Gasteiger partial charge in [-0.15, -0.1) is 6.58 Å². The van der Waals surface area contributed by atoms with Crippen LogP contribution in [0.15, 0.2) is 67.3 Å². The Labute approximate surface area is 201 Å². The minimum Gasteiger partial charge on any atom is -0.489 e. The molecule has 0 bridgehead atoms. The Morgan fingerprint density at radius 3 is 2.32 bits per heavy atom. The minimum atomic E-state index is -0.780. The second-order valence-corrected chi connectivity index (χ2v) is 9.03. The van der Waals surface area contributed by atoms with Gasteiger partial charge in [0.1, 0.15) is 12.4 Å². The first kappa shape index (κ1) is 27.1. The highest BCUT2D eigenvalue weighted by Gasteiger charge is 2.27. The van der Waals surface area contributed by atoms with E-state index in [9.17, 15) is 19.8 Å². The Hall–Kier alpha value is -3.16. The largest absolute Gasteiger partial charge is 0.489 e. The van der Waals surface area contributed by atoms with E-state index in [0.717, 1.165) is 16.9 Å². The zero-order chi connectivity index (χ0) is 25.0. The molecule has 34 heavy (non-hydrogen) atoms. The number of aliphatic hydroxyl groups excluding tert-OH is 2. The summed E-state index contributed by atoms with van der Waals surface area (Å²) in [5, 5.41) is 24.7. The molecule has 184 valence electrons. The molecule has 0 radical (unpaired) electrons. The second kappa shape index (κ2) is 13.5. The van der Waals surface area contributed by atoms with Gasteiger partial charge >= 0.3 is 0 Å². The molecule has 0 fully saturated rings. The third-order valence-electron chi connectivity index (χ3n) is 5.35. The number of amides is 2. The maximum atomic E-state index is 12.6. The van der Waals surface area contributed by atoms with Gasteiger partial charge in [0, 0.05) is 6.42 Å². The summed E-state index contributed by atoms with van der Waals surface area (Å²) in [4.78, 5) is 25.1. The number of carbonyl (C=O) groups is 2. The van der Waals surface area contributed by atoms with Gasteiger partial charge in [-0.2, -0.15) is 0 Å². The first-order valence-corrected chi connectivity index (χ1v) is 11.5. The van der Waals surface area contributed by atoms with Gasteiger partial charge in [-0.1, -0.05) is 48.5 Å². The molecular weight excluding hydrogens is 432 g/mol. The molecular formula is C27H36N2O5. The Balaban J connectivity index is 1.88. The van der Waals surface area contributed by atoms with Crippen molar-refractivity contribution in [2.75, 3.05) is 13.2 Å². The van der Waals surface area contributed by atoms with E-state index in [-0.39, 0.29) is 31.4 Å². The van der Waals surface area contributed by atoms with Crippen molar-refractivity contribution >= 4 is 11.8 Å². The van der Waals surface area contributed by atoms with Gasteiger partial charge in [0.15, 0.2) is 0 Å². The van der Waals surface area contributed by atoms with Crippen molar-refractivity contribution in [3.8, 4) is 5.75 Å². The van der Waals surface area contributed by atoms with Crippen molar-refractivity contribution in [1.82, 2.24) is 10.6 Å². The predicted molar refractivity (Wildman–Crippen MR) is 132 cm³/mol. The van der Waals surface area contributed by atoms with Gasteiger partial charge in [0.05, 0.1) is 30.7 Å². The number of hydrogen-bond donors (Lipinski definition) is 4. The molecule has 0 aromatic heterocycles. The second-order valence-electron chi connectivity index (χ2n) is 9.03. The average molecular weight is 469 g/mol. The Kier molecular flexibility index (Phi) is 10.8. The lowest BCUT2D eigenvalue weighted by Crippen LogP contribution is -2.49. The van der Waals surface area contributed by atoms with Gasteiger partial charge in [-0.05, 0) is 49.9 Å². The van der Waals surface area contributed by atoms with Crippen molar-refractivity contribution < 1.29 is 24.5 Å². The molecule has 0 saturated carbocycles. The van der Waals surface area contributed by atoms with Gasteiger partial charge in [0.25, 0.3) is 0 Å². The van der Waals surface area contributed by atoms with Crippen molar-refractivity contribution in [3.63, 3.8) is 0 Å². The van der Waals surface area contributed by atoms with Crippen molar-refractivity contribution in [3.05, 3.63) is 78.4 Å². The lowest BCUT2D eigenvalue weighted by Gasteiger charge is -2.26. The summed E-state index contributed by atoms with van der Waals surface area (Å²) >= 11 is 0. The van der Waals surface area contributed by atoms with Crippen molar-refractivity contribution in [2.45, 2.75) is 51.3 Å². The van der Waals surface area contributed by atoms with E-state index >= 15 is 0 Å². The SMILES string of the molecule is C=CC[C@H](CC(=O)N[C@H](CO)Cc1ccc(OCc2ccccc2)cc1)C(=O)NC(C)(C)CO. The fourth-order valence-electron chi connectivity index (χ4n) is 3.38. The molecule has 0 heterocycles. The molecule has 4 N–H and O–H groups in total. The van der Waals surface area contributed by atoms with Gasteiger partial charge in [-0.25, -0.2) is 0 Å². The van der Waals surface area contributed by atoms with E-state index < -0.39 is 17.5 Å². The Morgan fingerprint density at radius 1 is 1.06 bits per heavy atom. The van der Waals surface area contributed by atoms with Crippen LogP contribution >= 0.6 is 0 Å². The predicted octanol–water partition coefficient (Wildman–Crippen LogP) is 2.75. The van der Waals surface area contributed by atoms with E-state index in [0.29, 0.717) is 19.4 Å². The highest BCUT2D eigenvalue weighted by molar-refractivity contribution is 5.86. The monoisotopic (exact) mass is 468 g/mol. The number of aliphatic hydroxyl groups is 2. The number of nitrogens with one attached hydrogen (secondary N) is 2. The lowest BCUT2D eigenvalue weighted by atomic mass is 9.97. The molecule has 0 aliphatic carbocycles. The summed E-state index contributed by atoms with van der Waals surface area (Å²) in [6.45, 7) is 7.11. The van der Waals surface area contributed by atoms with Gasteiger partial charge < -0.3 is 25.6 Å². The molecule has 0 unspecified atom stereocenters. The Bertz CT molecular complexity index is 912. The van der Waals surface area contributed by atoms with Crippen molar-refractivity contribution in [1.29, 1.82) is 0 Å². The van der Waals surface area contributed by atoms with Crippen LogP contribution in [0.25, 0.3) is 0 Å². The molecule has 2 rings (SSSR count). The van der Waals surface area contributed by atoms with E-state index in [2.05, 4.69) is 17.2 Å². The highest BCUT2D eigenvalue weighted by atomic mass is 16.5. The number of allylic oxidation sites excluding steroid dienone is 1. The highest BCUT2D eigenvalue weighted by Crippen LogP contribution is 2.16. The van der Waals surface area contributed by atoms with Crippen LogP contribution in [0, 0.1) is 5.92 Å². The Morgan fingerprint density at radius 2 is 1.74 bits per heavy atom.